The Morgan fingerprint density at radius 1 is 1.10 bits per heavy atom. The number of aliphatic hydroxyl groups excluding tert-OH is 1. The van der Waals surface area contributed by atoms with Gasteiger partial charge in [-0.05, 0) is 48.4 Å². The number of carbonyl (C=O) groups excluding carboxylic acids is 1. The Kier molecular flexibility index (Phi) is 9.14. The monoisotopic (exact) mass is 628 g/mol. The number of fused-ring (bicyclic) bond motifs is 1. The minimum atomic E-state index is -4.74. The molecule has 0 saturated carbocycles. The fourth-order valence-corrected chi connectivity index (χ4v) is 5.48. The highest BCUT2D eigenvalue weighted by Crippen LogP contribution is 2.43. The lowest BCUT2D eigenvalue weighted by atomic mass is 10.0. The van der Waals surface area contributed by atoms with Gasteiger partial charge in [-0.1, -0.05) is 17.7 Å². The van der Waals surface area contributed by atoms with Crippen molar-refractivity contribution in [1.29, 1.82) is 0 Å². The first-order valence-corrected chi connectivity index (χ1v) is 14.8. The summed E-state index contributed by atoms with van der Waals surface area (Å²) in [6.45, 7) is -0.399. The lowest BCUT2D eigenvalue weighted by Crippen LogP contribution is -2.37. The van der Waals surface area contributed by atoms with Crippen LogP contribution in [0.15, 0.2) is 53.4 Å². The maximum atomic E-state index is 14.2. The molecule has 226 valence electrons. The zero-order valence-corrected chi connectivity index (χ0v) is 24.4. The van der Waals surface area contributed by atoms with E-state index in [1.54, 1.807) is 0 Å². The third-order valence-electron chi connectivity index (χ3n) is 6.61. The van der Waals surface area contributed by atoms with Crippen molar-refractivity contribution in [3.8, 4) is 17.2 Å². The third kappa shape index (κ3) is 6.69. The van der Waals surface area contributed by atoms with Crippen molar-refractivity contribution in [2.75, 3.05) is 50.5 Å². The summed E-state index contributed by atoms with van der Waals surface area (Å²) in [7, 11) is -1.20. The van der Waals surface area contributed by atoms with Gasteiger partial charge in [0.1, 0.15) is 29.9 Å². The zero-order valence-electron chi connectivity index (χ0n) is 22.8. The number of ether oxygens (including phenoxy) is 3. The molecule has 1 atom stereocenters. The molecule has 0 fully saturated rings. The van der Waals surface area contributed by atoms with E-state index in [4.69, 9.17) is 25.8 Å². The van der Waals surface area contributed by atoms with Crippen LogP contribution in [-0.4, -0.2) is 59.7 Å². The molecule has 4 rings (SSSR count). The van der Waals surface area contributed by atoms with Gasteiger partial charge in [-0.15, -0.1) is 0 Å². The first-order valence-electron chi connectivity index (χ1n) is 12.5. The number of halogens is 4. The Morgan fingerprint density at radius 3 is 2.45 bits per heavy atom. The number of alkyl halides is 3. The second kappa shape index (κ2) is 12.3. The van der Waals surface area contributed by atoms with Crippen LogP contribution in [-0.2, 0) is 27.2 Å². The number of anilines is 2. The number of rotatable bonds is 10. The average Bonchev–Trinajstić information content (AvgIpc) is 3.36. The van der Waals surface area contributed by atoms with Gasteiger partial charge in [-0.2, -0.15) is 13.2 Å². The molecule has 1 unspecified atom stereocenters. The smallest absolute Gasteiger partial charge is 0.420 e. The second-order valence-corrected chi connectivity index (χ2v) is 11.9. The van der Waals surface area contributed by atoms with Gasteiger partial charge in [-0.25, -0.2) is 8.42 Å². The van der Waals surface area contributed by atoms with Gasteiger partial charge in [0.15, 0.2) is 9.84 Å². The van der Waals surface area contributed by atoms with Crippen molar-refractivity contribution >= 4 is 38.7 Å². The van der Waals surface area contributed by atoms with Crippen LogP contribution in [0.4, 0.5) is 24.5 Å². The van der Waals surface area contributed by atoms with E-state index in [1.165, 1.54) is 54.5 Å². The highest BCUT2D eigenvalue weighted by Gasteiger charge is 2.39. The summed E-state index contributed by atoms with van der Waals surface area (Å²) in [4.78, 5) is 15.4. The summed E-state index contributed by atoms with van der Waals surface area (Å²) < 4.78 is 82.1. The van der Waals surface area contributed by atoms with Gasteiger partial charge in [0.05, 0.1) is 31.3 Å². The topological polar surface area (TPSA) is 114 Å². The molecule has 0 spiro atoms. The molecule has 9 nitrogen and oxygen atoms in total. The minimum Gasteiger partial charge on any atom is -0.497 e. The molecule has 0 saturated heterocycles. The first-order chi connectivity index (χ1) is 19.8. The van der Waals surface area contributed by atoms with Crippen LogP contribution in [0.25, 0.3) is 0 Å². The predicted octanol–water partition coefficient (Wildman–Crippen LogP) is 4.89. The number of amides is 1. The molecule has 14 heteroatoms. The highest BCUT2D eigenvalue weighted by atomic mass is 35.5. The molecule has 1 amide bonds. The van der Waals surface area contributed by atoms with Crippen molar-refractivity contribution < 1.29 is 45.7 Å². The Balaban J connectivity index is 1.86. The molecule has 0 aromatic heterocycles. The number of hydrogen-bond acceptors (Lipinski definition) is 8. The quantitative estimate of drug-likeness (QED) is 0.326. The van der Waals surface area contributed by atoms with E-state index in [1.807, 2.05) is 0 Å². The van der Waals surface area contributed by atoms with Gasteiger partial charge in [0.25, 0.3) is 5.91 Å². The van der Waals surface area contributed by atoms with Crippen molar-refractivity contribution in [2.24, 2.45) is 0 Å². The summed E-state index contributed by atoms with van der Waals surface area (Å²) in [5.74, 6) is -0.675. The molecular formula is C28H28ClF3N2O7S. The normalized spacial score (nSPS) is 13.9. The number of sulfone groups is 1. The van der Waals surface area contributed by atoms with Crippen molar-refractivity contribution in [1.82, 2.24) is 0 Å². The number of aliphatic hydroxyl groups is 1. The Bertz CT molecular complexity index is 1600. The summed E-state index contributed by atoms with van der Waals surface area (Å²) in [6.07, 6.45) is -3.45. The molecule has 1 aliphatic heterocycles. The largest absolute Gasteiger partial charge is 0.497 e. The summed E-state index contributed by atoms with van der Waals surface area (Å²) in [6, 6.07) is 9.41. The predicted molar refractivity (Wildman–Crippen MR) is 151 cm³/mol. The van der Waals surface area contributed by atoms with E-state index in [9.17, 15) is 31.5 Å². The second-order valence-electron chi connectivity index (χ2n) is 9.42. The fraction of sp³-hybridized carbons (Fsp3) is 0.321. The van der Waals surface area contributed by atoms with Gasteiger partial charge in [0.2, 0.25) is 0 Å². The number of nitrogens with one attached hydrogen (secondary N) is 1. The highest BCUT2D eigenvalue weighted by molar-refractivity contribution is 7.90. The van der Waals surface area contributed by atoms with E-state index in [0.29, 0.717) is 5.56 Å². The van der Waals surface area contributed by atoms with Crippen LogP contribution >= 0.6 is 11.6 Å². The fourth-order valence-electron chi connectivity index (χ4n) is 4.64. The van der Waals surface area contributed by atoms with Crippen LogP contribution < -0.4 is 24.4 Å². The first kappa shape index (κ1) is 31.3. The number of carbonyl (C=O) groups is 1. The van der Waals surface area contributed by atoms with Crippen molar-refractivity contribution in [3.63, 3.8) is 0 Å². The summed E-state index contributed by atoms with van der Waals surface area (Å²) in [5.41, 5.74) is -0.0485. The van der Waals surface area contributed by atoms with Crippen LogP contribution in [0.5, 0.6) is 17.2 Å². The summed E-state index contributed by atoms with van der Waals surface area (Å²) >= 11 is 6.17. The maximum Gasteiger partial charge on any atom is 0.420 e. The molecule has 3 aromatic rings. The van der Waals surface area contributed by atoms with E-state index in [2.05, 4.69) is 5.32 Å². The molecule has 42 heavy (non-hydrogen) atoms. The lowest BCUT2D eigenvalue weighted by Gasteiger charge is -2.28. The van der Waals surface area contributed by atoms with E-state index >= 15 is 0 Å². The van der Waals surface area contributed by atoms with Crippen LogP contribution in [0.2, 0.25) is 5.02 Å². The Hall–Kier alpha value is -3.68. The van der Waals surface area contributed by atoms with Gasteiger partial charge < -0.3 is 29.5 Å². The van der Waals surface area contributed by atoms with Crippen molar-refractivity contribution in [3.05, 3.63) is 70.2 Å². The maximum absolute atomic E-state index is 14.2. The van der Waals surface area contributed by atoms with E-state index < -0.39 is 33.5 Å². The molecule has 1 heterocycles. The summed E-state index contributed by atoms with van der Waals surface area (Å²) in [5, 5.41) is 12.6. The third-order valence-corrected chi connectivity index (χ3v) is 7.93. The molecule has 2 N–H and O–H groups in total. The number of methoxy groups -OCH3 is 2. The van der Waals surface area contributed by atoms with Crippen LogP contribution in [0, 0.1) is 0 Å². The molecule has 1 aliphatic rings. The van der Waals surface area contributed by atoms with Crippen LogP contribution in [0.1, 0.15) is 22.7 Å². The molecule has 0 radical (unpaired) electrons. The standard InChI is InChI=1S/C28H28ClF3N2O7S/c1-39-19-12-18(13-20(14-19)42(3,37)38)33-26(21-5-4-17(29)11-24(21)41-9-8-35)27(36)34-7-6-16-10-25(40-2)22(15-23(16)34)28(30,31)32/h4-5,10-15,26,33,35H,6-9H2,1-3H3. The average molecular weight is 629 g/mol. The van der Waals surface area contributed by atoms with Crippen molar-refractivity contribution in [2.45, 2.75) is 23.5 Å². The Morgan fingerprint density at radius 2 is 1.83 bits per heavy atom. The van der Waals surface area contributed by atoms with Gasteiger partial charge in [-0.3, -0.25) is 4.79 Å². The minimum absolute atomic E-state index is 0.0641. The van der Waals surface area contributed by atoms with E-state index in [0.717, 1.165) is 19.4 Å². The van der Waals surface area contributed by atoms with Gasteiger partial charge in [0, 0.05) is 40.8 Å². The number of benzene rings is 3. The zero-order chi connectivity index (χ0) is 30.8. The SMILES string of the molecule is COc1cc(NC(C(=O)N2CCc3cc(OC)c(C(F)(F)F)cc32)c2ccc(Cl)cc2OCCO)cc(S(C)(=O)=O)c1. The number of hydrogen-bond donors (Lipinski definition) is 2. The molecule has 3 aromatic carbocycles. The van der Waals surface area contributed by atoms with E-state index in [-0.39, 0.29) is 70.3 Å². The Labute approximate surface area is 245 Å². The molecular weight excluding hydrogens is 601 g/mol. The lowest BCUT2D eigenvalue weighted by molar-refractivity contribution is -0.138. The van der Waals surface area contributed by atoms with Crippen LogP contribution in [0.3, 0.4) is 0 Å². The van der Waals surface area contributed by atoms with Gasteiger partial charge >= 0.3 is 6.18 Å². The molecule has 0 aliphatic carbocycles. The number of nitrogens with zero attached hydrogens (tertiary/aromatic N) is 1. The molecule has 0 bridgehead atoms.